The van der Waals surface area contributed by atoms with E-state index in [1.165, 1.54) is 11.3 Å². The molecule has 1 aromatic carbocycles. The summed E-state index contributed by atoms with van der Waals surface area (Å²) in [6.45, 7) is 11.1. The van der Waals surface area contributed by atoms with Gasteiger partial charge in [0.05, 0.1) is 0 Å². The smallest absolute Gasteiger partial charge is 0.0369 e. The van der Waals surface area contributed by atoms with Crippen LogP contribution in [-0.2, 0) is 5.41 Å². The number of nitrogens with zero attached hydrogens (tertiary/aromatic N) is 1. The highest BCUT2D eigenvalue weighted by atomic mass is 15.2. The van der Waals surface area contributed by atoms with Gasteiger partial charge in [0.1, 0.15) is 0 Å². The molecule has 0 amide bonds. The summed E-state index contributed by atoms with van der Waals surface area (Å²) in [5.74, 6) is 0. The Balaban J connectivity index is 1.86. The number of nitrogens with one attached hydrogen (secondary N) is 2. The predicted octanol–water partition coefficient (Wildman–Crippen LogP) is 2.30. The van der Waals surface area contributed by atoms with Crippen molar-refractivity contribution in [2.45, 2.75) is 32.2 Å². The van der Waals surface area contributed by atoms with E-state index in [1.54, 1.807) is 0 Å². The Morgan fingerprint density at radius 2 is 1.95 bits per heavy atom. The molecule has 3 nitrogen and oxygen atoms in total. The van der Waals surface area contributed by atoms with E-state index in [1.807, 2.05) is 0 Å². The maximum Gasteiger partial charge on any atom is 0.0369 e. The van der Waals surface area contributed by atoms with Crippen molar-refractivity contribution in [3.05, 3.63) is 29.8 Å². The van der Waals surface area contributed by atoms with Crippen molar-refractivity contribution in [3.8, 4) is 0 Å². The molecule has 19 heavy (non-hydrogen) atoms. The summed E-state index contributed by atoms with van der Waals surface area (Å²) in [6, 6.07) is 9.37. The summed E-state index contributed by atoms with van der Waals surface area (Å²) in [7, 11) is 2.19. The average molecular weight is 261 g/mol. The highest BCUT2D eigenvalue weighted by molar-refractivity contribution is 5.45. The van der Waals surface area contributed by atoms with Gasteiger partial charge in [-0.25, -0.2) is 0 Å². The number of piperazine rings is 1. The van der Waals surface area contributed by atoms with Gasteiger partial charge in [-0.15, -0.1) is 0 Å². The van der Waals surface area contributed by atoms with Gasteiger partial charge in [0.2, 0.25) is 0 Å². The molecule has 1 saturated heterocycles. The number of benzene rings is 1. The van der Waals surface area contributed by atoms with Crippen molar-refractivity contribution in [1.82, 2.24) is 10.2 Å². The maximum atomic E-state index is 3.55. The second-order valence-corrected chi connectivity index (χ2v) is 6.62. The molecule has 1 aliphatic rings. The monoisotopic (exact) mass is 261 g/mol. The number of likely N-dealkylation sites (N-methyl/N-ethyl adjacent to an activating group) is 1. The molecule has 0 aliphatic carbocycles. The van der Waals surface area contributed by atoms with Crippen LogP contribution in [0.3, 0.4) is 0 Å². The lowest BCUT2D eigenvalue weighted by Crippen LogP contribution is -2.51. The zero-order valence-electron chi connectivity index (χ0n) is 12.7. The molecule has 1 fully saturated rings. The first-order valence-corrected chi connectivity index (χ1v) is 7.21. The van der Waals surface area contributed by atoms with Crippen LogP contribution in [-0.4, -0.2) is 44.2 Å². The van der Waals surface area contributed by atoms with Gasteiger partial charge in [-0.1, -0.05) is 32.9 Å². The zero-order chi connectivity index (χ0) is 13.9. The summed E-state index contributed by atoms with van der Waals surface area (Å²) in [5, 5.41) is 7.08. The second-order valence-electron chi connectivity index (χ2n) is 6.62. The van der Waals surface area contributed by atoms with Gasteiger partial charge >= 0.3 is 0 Å². The van der Waals surface area contributed by atoms with Gasteiger partial charge in [0.15, 0.2) is 0 Å². The first kappa shape index (κ1) is 14.4. The zero-order valence-corrected chi connectivity index (χ0v) is 12.7. The summed E-state index contributed by atoms with van der Waals surface area (Å²) >= 11 is 0. The predicted molar refractivity (Wildman–Crippen MR) is 82.9 cm³/mol. The molecule has 1 atom stereocenters. The molecule has 0 bridgehead atoms. The van der Waals surface area contributed by atoms with E-state index >= 15 is 0 Å². The van der Waals surface area contributed by atoms with Gasteiger partial charge < -0.3 is 15.5 Å². The van der Waals surface area contributed by atoms with Crippen LogP contribution in [0, 0.1) is 0 Å². The number of anilines is 1. The van der Waals surface area contributed by atoms with E-state index in [4.69, 9.17) is 0 Å². The fourth-order valence-corrected chi connectivity index (χ4v) is 2.46. The molecule has 1 aromatic rings. The van der Waals surface area contributed by atoms with Gasteiger partial charge in [-0.3, -0.25) is 0 Å². The molecule has 106 valence electrons. The lowest BCUT2D eigenvalue weighted by molar-refractivity contribution is 0.244. The molecular formula is C16H27N3. The molecular weight excluding hydrogens is 234 g/mol. The van der Waals surface area contributed by atoms with Crippen LogP contribution in [0.25, 0.3) is 0 Å². The first-order valence-electron chi connectivity index (χ1n) is 7.21. The molecule has 1 unspecified atom stereocenters. The van der Waals surface area contributed by atoms with Crippen LogP contribution in [0.4, 0.5) is 5.69 Å². The average Bonchev–Trinajstić information content (AvgIpc) is 2.36. The van der Waals surface area contributed by atoms with E-state index in [0.29, 0.717) is 6.04 Å². The fraction of sp³-hybridized carbons (Fsp3) is 0.625. The van der Waals surface area contributed by atoms with Crippen molar-refractivity contribution in [3.63, 3.8) is 0 Å². The Morgan fingerprint density at radius 3 is 2.53 bits per heavy atom. The van der Waals surface area contributed by atoms with Gasteiger partial charge in [-0.2, -0.15) is 0 Å². The second kappa shape index (κ2) is 5.93. The molecule has 0 aromatic heterocycles. The summed E-state index contributed by atoms with van der Waals surface area (Å²) in [4.78, 5) is 2.38. The van der Waals surface area contributed by atoms with Crippen molar-refractivity contribution >= 4 is 5.69 Å². The van der Waals surface area contributed by atoms with E-state index in [-0.39, 0.29) is 5.41 Å². The Hall–Kier alpha value is -1.06. The van der Waals surface area contributed by atoms with Crippen LogP contribution in [0.15, 0.2) is 24.3 Å². The molecule has 3 heteroatoms. The molecule has 1 heterocycles. The molecule has 2 rings (SSSR count). The number of rotatable bonds is 3. The largest absolute Gasteiger partial charge is 0.383 e. The van der Waals surface area contributed by atoms with Gasteiger partial charge in [0, 0.05) is 37.9 Å². The highest BCUT2D eigenvalue weighted by Gasteiger charge is 2.16. The Bertz CT molecular complexity index is 391. The Labute approximate surface area is 117 Å². The van der Waals surface area contributed by atoms with Gasteiger partial charge in [-0.05, 0) is 30.2 Å². The van der Waals surface area contributed by atoms with E-state index < -0.39 is 0 Å². The lowest BCUT2D eigenvalue weighted by Gasteiger charge is -2.31. The molecule has 0 spiro atoms. The van der Waals surface area contributed by atoms with Crippen LogP contribution in [0.1, 0.15) is 26.3 Å². The quantitative estimate of drug-likeness (QED) is 0.874. The van der Waals surface area contributed by atoms with Crippen LogP contribution in [0.5, 0.6) is 0 Å². The first-order chi connectivity index (χ1) is 8.95. The third-order valence-corrected chi connectivity index (χ3v) is 3.76. The molecule has 2 N–H and O–H groups in total. The van der Waals surface area contributed by atoms with Crippen LogP contribution < -0.4 is 10.6 Å². The topological polar surface area (TPSA) is 27.3 Å². The molecule has 0 saturated carbocycles. The summed E-state index contributed by atoms with van der Waals surface area (Å²) < 4.78 is 0. The SMILES string of the molecule is CN1CCNC(CNc2ccc(C(C)(C)C)cc2)C1. The molecule has 1 aliphatic heterocycles. The van der Waals surface area contributed by atoms with E-state index in [0.717, 1.165) is 26.2 Å². The van der Waals surface area contributed by atoms with E-state index in [9.17, 15) is 0 Å². The summed E-state index contributed by atoms with van der Waals surface area (Å²) in [6.07, 6.45) is 0. The number of hydrogen-bond acceptors (Lipinski definition) is 3. The van der Waals surface area contributed by atoms with Crippen LogP contribution >= 0.6 is 0 Å². The standard InChI is InChI=1S/C16H27N3/c1-16(2,3)13-5-7-14(8-6-13)18-11-15-12-19(4)10-9-17-15/h5-8,15,17-18H,9-12H2,1-4H3. The van der Waals surface area contributed by atoms with Crippen molar-refractivity contribution in [2.75, 3.05) is 38.5 Å². The minimum Gasteiger partial charge on any atom is -0.383 e. The van der Waals surface area contributed by atoms with Crippen molar-refractivity contribution in [2.24, 2.45) is 0 Å². The van der Waals surface area contributed by atoms with Gasteiger partial charge in [0.25, 0.3) is 0 Å². The van der Waals surface area contributed by atoms with E-state index in [2.05, 4.69) is 67.6 Å². The third kappa shape index (κ3) is 4.22. The Morgan fingerprint density at radius 1 is 1.26 bits per heavy atom. The third-order valence-electron chi connectivity index (χ3n) is 3.76. The lowest BCUT2D eigenvalue weighted by atomic mass is 9.87. The van der Waals surface area contributed by atoms with Crippen molar-refractivity contribution < 1.29 is 0 Å². The minimum atomic E-state index is 0.228. The highest BCUT2D eigenvalue weighted by Crippen LogP contribution is 2.23. The molecule has 0 radical (unpaired) electrons. The Kier molecular flexibility index (Phi) is 4.48. The minimum absolute atomic E-state index is 0.228. The maximum absolute atomic E-state index is 3.55. The van der Waals surface area contributed by atoms with Crippen LogP contribution in [0.2, 0.25) is 0 Å². The normalized spacial score (nSPS) is 21.4. The number of hydrogen-bond donors (Lipinski definition) is 2. The fourth-order valence-electron chi connectivity index (χ4n) is 2.46. The summed E-state index contributed by atoms with van der Waals surface area (Å²) in [5.41, 5.74) is 2.82. The van der Waals surface area contributed by atoms with Crippen molar-refractivity contribution in [1.29, 1.82) is 0 Å².